The second-order valence-corrected chi connectivity index (χ2v) is 5.30. The topological polar surface area (TPSA) is 81.6 Å². The van der Waals surface area contributed by atoms with Crippen molar-refractivity contribution in [1.29, 1.82) is 0 Å². The minimum absolute atomic E-state index is 0.367. The molecule has 0 aliphatic carbocycles. The highest BCUT2D eigenvalue weighted by Gasteiger charge is 2.21. The van der Waals surface area contributed by atoms with Crippen LogP contribution >= 0.6 is 0 Å². The molecule has 5 heteroatoms. The molecule has 1 aromatic rings. The van der Waals surface area contributed by atoms with Crippen LogP contribution in [-0.2, 0) is 6.42 Å². The first kappa shape index (κ1) is 18.2. The number of unbranched alkanes of at least 4 members (excludes halogenated alkanes) is 2. The van der Waals surface area contributed by atoms with Gasteiger partial charge in [0, 0.05) is 6.54 Å². The van der Waals surface area contributed by atoms with Crippen molar-refractivity contribution in [2.24, 2.45) is 0 Å². The van der Waals surface area contributed by atoms with Gasteiger partial charge in [-0.25, -0.2) is 4.79 Å². The van der Waals surface area contributed by atoms with Crippen molar-refractivity contribution in [3.8, 4) is 0 Å². The molecule has 1 amide bonds. The van der Waals surface area contributed by atoms with E-state index in [1.54, 1.807) is 0 Å². The number of hydrogen-bond donors (Lipinski definition) is 4. The highest BCUT2D eigenvalue weighted by atomic mass is 16.4. The Hall–Kier alpha value is -1.85. The number of allylic oxidation sites excluding steroid dienone is 1. The first-order valence-corrected chi connectivity index (χ1v) is 7.66. The molecule has 0 aromatic heterocycles. The average Bonchev–Trinajstić information content (AvgIpc) is 2.50. The lowest BCUT2D eigenvalue weighted by atomic mass is 10.0. The Morgan fingerprint density at radius 3 is 2.64 bits per heavy atom. The van der Waals surface area contributed by atoms with Crippen LogP contribution in [0.25, 0.3) is 0 Å². The maximum Gasteiger partial charge on any atom is 0.404 e. The minimum Gasteiger partial charge on any atom is -0.465 e. The van der Waals surface area contributed by atoms with Crippen molar-refractivity contribution < 1.29 is 15.0 Å². The summed E-state index contributed by atoms with van der Waals surface area (Å²) in [6, 6.07) is 9.03. The predicted octanol–water partition coefficient (Wildman–Crippen LogP) is 2.17. The van der Waals surface area contributed by atoms with Gasteiger partial charge in [0.25, 0.3) is 0 Å². The Labute approximate surface area is 132 Å². The lowest BCUT2D eigenvalue weighted by Crippen LogP contribution is -2.48. The molecule has 0 bridgehead atoms. The molecule has 0 heterocycles. The van der Waals surface area contributed by atoms with E-state index in [9.17, 15) is 9.90 Å². The summed E-state index contributed by atoms with van der Waals surface area (Å²) in [6.07, 6.45) is 3.53. The summed E-state index contributed by atoms with van der Waals surface area (Å²) in [7, 11) is 0. The molecule has 2 atom stereocenters. The zero-order valence-electron chi connectivity index (χ0n) is 12.9. The van der Waals surface area contributed by atoms with Crippen LogP contribution < -0.4 is 10.6 Å². The number of rotatable bonds is 11. The van der Waals surface area contributed by atoms with Gasteiger partial charge < -0.3 is 20.8 Å². The first-order chi connectivity index (χ1) is 10.6. The van der Waals surface area contributed by atoms with E-state index in [1.807, 2.05) is 36.4 Å². The number of carboxylic acid groups (broad SMARTS) is 1. The Morgan fingerprint density at radius 2 is 2.00 bits per heavy atom. The summed E-state index contributed by atoms with van der Waals surface area (Å²) < 4.78 is 0. The summed E-state index contributed by atoms with van der Waals surface area (Å²) in [6.45, 7) is 4.84. The molecular weight excluding hydrogens is 280 g/mol. The van der Waals surface area contributed by atoms with Gasteiger partial charge in [0.15, 0.2) is 0 Å². The molecule has 0 fully saturated rings. The number of carbonyl (C=O) groups is 1. The van der Waals surface area contributed by atoms with Gasteiger partial charge in [-0.2, -0.15) is 0 Å². The lowest BCUT2D eigenvalue weighted by Gasteiger charge is -2.23. The fraction of sp³-hybridized carbons (Fsp3) is 0.471. The van der Waals surface area contributed by atoms with E-state index in [0.29, 0.717) is 13.0 Å². The molecule has 0 unspecified atom stereocenters. The van der Waals surface area contributed by atoms with Crippen LogP contribution in [0.15, 0.2) is 43.0 Å². The van der Waals surface area contributed by atoms with Crippen molar-refractivity contribution in [3.05, 3.63) is 48.6 Å². The van der Waals surface area contributed by atoms with Crippen LogP contribution in [0.2, 0.25) is 0 Å². The number of aliphatic hydroxyl groups is 1. The molecular formula is C17H26N2O3. The van der Waals surface area contributed by atoms with E-state index in [4.69, 9.17) is 5.11 Å². The largest absolute Gasteiger partial charge is 0.465 e. The number of benzene rings is 1. The highest BCUT2D eigenvalue weighted by Crippen LogP contribution is 2.06. The molecule has 122 valence electrons. The predicted molar refractivity (Wildman–Crippen MR) is 88.0 cm³/mol. The molecule has 1 rings (SSSR count). The smallest absolute Gasteiger partial charge is 0.404 e. The van der Waals surface area contributed by atoms with Gasteiger partial charge in [0.05, 0.1) is 12.1 Å². The van der Waals surface area contributed by atoms with Gasteiger partial charge in [0.2, 0.25) is 0 Å². The lowest BCUT2D eigenvalue weighted by molar-refractivity contribution is 0.118. The number of nitrogens with one attached hydrogen (secondary N) is 2. The maximum absolute atomic E-state index is 10.9. The van der Waals surface area contributed by atoms with Crippen molar-refractivity contribution in [2.75, 3.05) is 13.1 Å². The molecule has 5 nitrogen and oxygen atoms in total. The van der Waals surface area contributed by atoms with Crippen molar-refractivity contribution in [2.45, 2.75) is 37.8 Å². The van der Waals surface area contributed by atoms with E-state index in [0.717, 1.165) is 31.4 Å². The van der Waals surface area contributed by atoms with Crippen LogP contribution in [0.5, 0.6) is 0 Å². The van der Waals surface area contributed by atoms with Gasteiger partial charge in [-0.15, -0.1) is 6.58 Å². The quantitative estimate of drug-likeness (QED) is 0.373. The van der Waals surface area contributed by atoms with Crippen LogP contribution in [0.3, 0.4) is 0 Å². The van der Waals surface area contributed by atoms with Crippen LogP contribution in [-0.4, -0.2) is 41.5 Å². The third-order valence-electron chi connectivity index (χ3n) is 3.44. The number of aliphatic hydroxyl groups excluding tert-OH is 1. The fourth-order valence-electron chi connectivity index (χ4n) is 2.24. The summed E-state index contributed by atoms with van der Waals surface area (Å²) in [4.78, 5) is 10.9. The van der Waals surface area contributed by atoms with Gasteiger partial charge in [-0.3, -0.25) is 0 Å². The standard InChI is InChI=1S/C17H26N2O3/c1-2-3-4-8-11-18-13-16(20)15(19-17(21)22)12-14-9-6-5-7-10-14/h2,5-7,9-10,15-16,18-20H,1,3-4,8,11-13H2,(H,21,22)/t15-,16-/m0/s1. The zero-order valence-corrected chi connectivity index (χ0v) is 12.9. The summed E-state index contributed by atoms with van der Waals surface area (Å²) in [5, 5.41) is 24.7. The molecule has 22 heavy (non-hydrogen) atoms. The highest BCUT2D eigenvalue weighted by molar-refractivity contribution is 5.65. The van der Waals surface area contributed by atoms with Gasteiger partial charge >= 0.3 is 6.09 Å². The molecule has 0 saturated carbocycles. The van der Waals surface area contributed by atoms with E-state index >= 15 is 0 Å². The normalized spacial score (nSPS) is 13.3. The molecule has 0 aliphatic heterocycles. The zero-order chi connectivity index (χ0) is 16.2. The average molecular weight is 306 g/mol. The van der Waals surface area contributed by atoms with E-state index in [1.165, 1.54) is 0 Å². The van der Waals surface area contributed by atoms with Crippen molar-refractivity contribution in [3.63, 3.8) is 0 Å². The Bertz CT molecular complexity index is 437. The number of hydrogen-bond acceptors (Lipinski definition) is 3. The Kier molecular flexibility index (Phi) is 8.95. The minimum atomic E-state index is -1.12. The molecule has 0 saturated heterocycles. The van der Waals surface area contributed by atoms with Crippen molar-refractivity contribution in [1.82, 2.24) is 10.6 Å². The van der Waals surface area contributed by atoms with Crippen molar-refractivity contribution >= 4 is 6.09 Å². The second kappa shape index (κ2) is 10.8. The van der Waals surface area contributed by atoms with Gasteiger partial charge in [-0.05, 0) is 37.8 Å². The molecule has 0 spiro atoms. The third-order valence-corrected chi connectivity index (χ3v) is 3.44. The second-order valence-electron chi connectivity index (χ2n) is 5.30. The van der Waals surface area contributed by atoms with E-state index in [-0.39, 0.29) is 0 Å². The molecule has 1 aromatic carbocycles. The van der Waals surface area contributed by atoms with E-state index < -0.39 is 18.2 Å². The molecule has 4 N–H and O–H groups in total. The van der Waals surface area contributed by atoms with E-state index in [2.05, 4.69) is 17.2 Å². The summed E-state index contributed by atoms with van der Waals surface area (Å²) in [5.74, 6) is 0. The fourth-order valence-corrected chi connectivity index (χ4v) is 2.24. The number of amides is 1. The maximum atomic E-state index is 10.9. The monoisotopic (exact) mass is 306 g/mol. The SMILES string of the molecule is C=CCCCCNC[C@H](O)[C@H](Cc1ccccc1)NC(=O)O. The van der Waals surface area contributed by atoms with Crippen LogP contribution in [0, 0.1) is 0 Å². The van der Waals surface area contributed by atoms with Gasteiger partial charge in [0.1, 0.15) is 0 Å². The molecule has 0 aliphatic rings. The third kappa shape index (κ3) is 7.81. The van der Waals surface area contributed by atoms with Crippen LogP contribution in [0.1, 0.15) is 24.8 Å². The summed E-state index contributed by atoms with van der Waals surface area (Å²) in [5.41, 5.74) is 0.992. The van der Waals surface area contributed by atoms with Crippen LogP contribution in [0.4, 0.5) is 4.79 Å². The first-order valence-electron chi connectivity index (χ1n) is 7.66. The molecule has 0 radical (unpaired) electrons. The van der Waals surface area contributed by atoms with Gasteiger partial charge in [-0.1, -0.05) is 36.4 Å². The Balaban J connectivity index is 2.41. The summed E-state index contributed by atoms with van der Waals surface area (Å²) >= 11 is 0. The Morgan fingerprint density at radius 1 is 1.27 bits per heavy atom.